The number of anilines is 1. The third kappa shape index (κ3) is 4.83. The lowest BCUT2D eigenvalue weighted by Crippen LogP contribution is -2.58. The number of carbonyl (C=O) groups excluding carboxylic acids is 3. The third-order valence-electron chi connectivity index (χ3n) is 8.95. The minimum Gasteiger partial charge on any atom is -0.322 e. The van der Waals surface area contributed by atoms with Crippen LogP contribution < -0.4 is 16.0 Å². The Morgan fingerprint density at radius 2 is 1.64 bits per heavy atom. The molecule has 3 amide bonds. The minimum absolute atomic E-state index is 0.173. The zero-order valence-electron chi connectivity index (χ0n) is 20.7. The highest BCUT2D eigenvalue weighted by atomic mass is 16.2. The summed E-state index contributed by atoms with van der Waals surface area (Å²) in [5.41, 5.74) is 3.69. The molecule has 5 fully saturated rings. The van der Waals surface area contributed by atoms with Crippen LogP contribution in [0.4, 0.5) is 5.69 Å². The first-order chi connectivity index (χ1) is 17.4. The standard InChI is InChI=1S/C30H35N3O3/c34-27-9-8-26(29(36)33-27)24-2-1-3-25(15-24)32-28(35)23-6-4-19(5-7-23)10-11-31-30-16-20-12-21(17-30)14-22(13-20)18-30/h1-7,15,20-22,26,31H,8-14,16-18H2,(H,32,35)(H,33,34,36). The number of hydrogen-bond acceptors (Lipinski definition) is 4. The van der Waals surface area contributed by atoms with Crippen molar-refractivity contribution < 1.29 is 14.4 Å². The van der Waals surface area contributed by atoms with Gasteiger partial charge in [-0.15, -0.1) is 0 Å². The highest BCUT2D eigenvalue weighted by molar-refractivity contribution is 6.04. The largest absolute Gasteiger partial charge is 0.322 e. The molecule has 7 rings (SSSR count). The second kappa shape index (κ2) is 9.47. The number of hydrogen-bond donors (Lipinski definition) is 3. The van der Waals surface area contributed by atoms with Gasteiger partial charge in [0, 0.05) is 23.2 Å². The molecule has 4 bridgehead atoms. The normalized spacial score (nSPS) is 30.8. The molecule has 6 nitrogen and oxygen atoms in total. The Morgan fingerprint density at radius 3 is 2.31 bits per heavy atom. The molecule has 0 radical (unpaired) electrons. The first-order valence-corrected chi connectivity index (χ1v) is 13.5. The number of benzene rings is 2. The molecule has 36 heavy (non-hydrogen) atoms. The van der Waals surface area contributed by atoms with Crippen molar-refractivity contribution in [1.82, 2.24) is 10.6 Å². The van der Waals surface area contributed by atoms with Gasteiger partial charge in [-0.2, -0.15) is 0 Å². The van der Waals surface area contributed by atoms with Gasteiger partial charge in [0.1, 0.15) is 0 Å². The van der Waals surface area contributed by atoms with Gasteiger partial charge in [0.2, 0.25) is 11.8 Å². The number of nitrogens with one attached hydrogen (secondary N) is 3. The zero-order valence-corrected chi connectivity index (χ0v) is 20.7. The Balaban J connectivity index is 1.03. The van der Waals surface area contributed by atoms with Crippen molar-refractivity contribution >= 4 is 23.4 Å². The molecule has 1 saturated heterocycles. The Bertz CT molecular complexity index is 1140. The monoisotopic (exact) mass is 485 g/mol. The number of imide groups is 1. The first kappa shape index (κ1) is 23.4. The van der Waals surface area contributed by atoms with Crippen LogP contribution in [-0.2, 0) is 16.0 Å². The molecule has 2 aromatic carbocycles. The molecule has 188 valence electrons. The van der Waals surface area contributed by atoms with Gasteiger partial charge >= 0.3 is 0 Å². The minimum atomic E-state index is -0.370. The fourth-order valence-corrected chi connectivity index (χ4v) is 7.67. The predicted octanol–water partition coefficient (Wildman–Crippen LogP) is 4.56. The Morgan fingerprint density at radius 1 is 0.944 bits per heavy atom. The summed E-state index contributed by atoms with van der Waals surface area (Å²) in [5.74, 6) is 1.80. The van der Waals surface area contributed by atoms with Gasteiger partial charge in [-0.1, -0.05) is 24.3 Å². The molecule has 6 heteroatoms. The Kier molecular flexibility index (Phi) is 6.16. The lowest BCUT2D eigenvalue weighted by Gasteiger charge is -2.57. The van der Waals surface area contributed by atoms with E-state index in [1.54, 1.807) is 0 Å². The van der Waals surface area contributed by atoms with E-state index >= 15 is 0 Å². The summed E-state index contributed by atoms with van der Waals surface area (Å²) in [6.45, 7) is 0.991. The van der Waals surface area contributed by atoms with E-state index in [0.717, 1.165) is 36.3 Å². The van der Waals surface area contributed by atoms with Crippen molar-refractivity contribution in [2.24, 2.45) is 17.8 Å². The quantitative estimate of drug-likeness (QED) is 0.502. The molecule has 0 aromatic heterocycles. The van der Waals surface area contributed by atoms with Gasteiger partial charge in [0.25, 0.3) is 5.91 Å². The molecule has 3 N–H and O–H groups in total. The predicted molar refractivity (Wildman–Crippen MR) is 139 cm³/mol. The molecular weight excluding hydrogens is 450 g/mol. The summed E-state index contributed by atoms with van der Waals surface area (Å²) < 4.78 is 0. The molecule has 1 aliphatic heterocycles. The Hall–Kier alpha value is -2.99. The second-order valence-electron chi connectivity index (χ2n) is 11.7. The summed E-state index contributed by atoms with van der Waals surface area (Å²) in [4.78, 5) is 36.5. The maximum absolute atomic E-state index is 12.8. The average Bonchev–Trinajstić information content (AvgIpc) is 2.84. The molecular formula is C30H35N3O3. The fourth-order valence-electron chi connectivity index (χ4n) is 7.67. The van der Waals surface area contributed by atoms with E-state index in [9.17, 15) is 14.4 Å². The van der Waals surface area contributed by atoms with Crippen LogP contribution in [0, 0.1) is 17.8 Å². The maximum Gasteiger partial charge on any atom is 0.255 e. The zero-order chi connectivity index (χ0) is 24.7. The van der Waals surface area contributed by atoms with Crippen molar-refractivity contribution in [3.8, 4) is 0 Å². The summed E-state index contributed by atoms with van der Waals surface area (Å²) >= 11 is 0. The van der Waals surface area contributed by atoms with E-state index in [1.165, 1.54) is 44.1 Å². The molecule has 1 unspecified atom stereocenters. The van der Waals surface area contributed by atoms with Crippen LogP contribution in [0.25, 0.3) is 0 Å². The van der Waals surface area contributed by atoms with Crippen molar-refractivity contribution in [3.05, 3.63) is 65.2 Å². The topological polar surface area (TPSA) is 87.3 Å². The van der Waals surface area contributed by atoms with Crippen molar-refractivity contribution in [2.45, 2.75) is 69.2 Å². The number of amides is 3. The number of piperidine rings is 1. The van der Waals surface area contributed by atoms with Crippen molar-refractivity contribution in [1.29, 1.82) is 0 Å². The van der Waals surface area contributed by atoms with Gasteiger partial charge < -0.3 is 10.6 Å². The van der Waals surface area contributed by atoms with Crippen LogP contribution in [0.2, 0.25) is 0 Å². The van der Waals surface area contributed by atoms with Crippen LogP contribution in [0.15, 0.2) is 48.5 Å². The molecule has 2 aromatic rings. The van der Waals surface area contributed by atoms with Gasteiger partial charge in [-0.05, 0) is 111 Å². The lowest BCUT2D eigenvalue weighted by molar-refractivity contribution is -0.134. The van der Waals surface area contributed by atoms with Gasteiger partial charge in [-0.3, -0.25) is 19.7 Å². The van der Waals surface area contributed by atoms with Crippen molar-refractivity contribution in [3.63, 3.8) is 0 Å². The summed E-state index contributed by atoms with van der Waals surface area (Å²) in [5, 5.41) is 9.30. The molecule has 5 aliphatic rings. The highest BCUT2D eigenvalue weighted by Crippen LogP contribution is 2.55. The van der Waals surface area contributed by atoms with Gasteiger partial charge in [-0.25, -0.2) is 0 Å². The molecule has 0 spiro atoms. The van der Waals surface area contributed by atoms with E-state index in [0.29, 0.717) is 29.6 Å². The fraction of sp³-hybridized carbons (Fsp3) is 0.500. The van der Waals surface area contributed by atoms with Crippen molar-refractivity contribution in [2.75, 3.05) is 11.9 Å². The molecule has 4 saturated carbocycles. The summed E-state index contributed by atoms with van der Waals surface area (Å²) in [6, 6.07) is 15.2. The Labute approximate surface area is 212 Å². The first-order valence-electron chi connectivity index (χ1n) is 13.5. The van der Waals surface area contributed by atoms with E-state index < -0.39 is 0 Å². The summed E-state index contributed by atoms with van der Waals surface area (Å²) in [6.07, 6.45) is 10.3. The van der Waals surface area contributed by atoms with Crippen LogP contribution in [0.3, 0.4) is 0 Å². The van der Waals surface area contributed by atoms with Crippen LogP contribution in [0.5, 0.6) is 0 Å². The van der Waals surface area contributed by atoms with E-state index in [1.807, 2.05) is 36.4 Å². The van der Waals surface area contributed by atoms with Crippen LogP contribution in [0.1, 0.15) is 78.8 Å². The highest BCUT2D eigenvalue weighted by Gasteiger charge is 2.50. The summed E-state index contributed by atoms with van der Waals surface area (Å²) in [7, 11) is 0. The van der Waals surface area contributed by atoms with Gasteiger partial charge in [0.05, 0.1) is 5.92 Å². The lowest BCUT2D eigenvalue weighted by atomic mass is 9.53. The second-order valence-corrected chi connectivity index (χ2v) is 11.7. The average molecular weight is 486 g/mol. The van der Waals surface area contributed by atoms with E-state index in [2.05, 4.69) is 28.1 Å². The van der Waals surface area contributed by atoms with E-state index in [4.69, 9.17) is 0 Å². The smallest absolute Gasteiger partial charge is 0.255 e. The van der Waals surface area contributed by atoms with E-state index in [-0.39, 0.29) is 23.6 Å². The van der Waals surface area contributed by atoms with Crippen LogP contribution in [-0.4, -0.2) is 29.8 Å². The third-order valence-corrected chi connectivity index (χ3v) is 8.95. The molecule has 4 aliphatic carbocycles. The molecule has 1 heterocycles. The molecule has 1 atom stereocenters. The van der Waals surface area contributed by atoms with Gasteiger partial charge in [0.15, 0.2) is 0 Å². The maximum atomic E-state index is 12.8. The number of rotatable bonds is 7. The van der Waals surface area contributed by atoms with Crippen LogP contribution >= 0.6 is 0 Å². The number of carbonyl (C=O) groups is 3. The SMILES string of the molecule is O=C1CCC(c2cccc(NC(=O)c3ccc(CCNC45CC6CC(CC(C6)C4)C5)cc3)c2)C(=O)N1.